The van der Waals surface area contributed by atoms with E-state index in [1.165, 1.54) is 0 Å². The Labute approximate surface area is 126 Å². The van der Waals surface area contributed by atoms with E-state index in [1.54, 1.807) is 17.4 Å². The molecule has 0 bridgehead atoms. The van der Waals surface area contributed by atoms with Crippen molar-refractivity contribution < 1.29 is 14.3 Å². The van der Waals surface area contributed by atoms with E-state index in [2.05, 4.69) is 4.98 Å². The molecule has 120 valence electrons. The third-order valence-electron chi connectivity index (χ3n) is 2.95. The van der Waals surface area contributed by atoms with E-state index < -0.39 is 0 Å². The van der Waals surface area contributed by atoms with Crippen molar-refractivity contribution in [2.75, 3.05) is 46.1 Å². The fraction of sp³-hybridized carbons (Fsp3) is 0.714. The second-order valence-electron chi connectivity index (χ2n) is 4.47. The first kappa shape index (κ1) is 17.6. The van der Waals surface area contributed by atoms with Gasteiger partial charge in [-0.05, 0) is 13.8 Å². The summed E-state index contributed by atoms with van der Waals surface area (Å²) < 4.78 is 12.5. The molecule has 1 aromatic rings. The zero-order valence-electron chi connectivity index (χ0n) is 13.0. The predicted octanol–water partition coefficient (Wildman–Crippen LogP) is 0.357. The Hall–Kier alpha value is -1.44. The van der Waals surface area contributed by atoms with Crippen LogP contribution in [0.5, 0.6) is 0 Å². The molecule has 0 spiro atoms. The molecule has 1 rings (SSSR count). The minimum absolute atomic E-state index is 0.106. The number of amides is 1. The summed E-state index contributed by atoms with van der Waals surface area (Å²) >= 11 is 0. The fourth-order valence-corrected chi connectivity index (χ4v) is 1.86. The molecular weight excluding hydrogens is 272 g/mol. The normalized spacial score (nSPS) is 10.8. The first-order chi connectivity index (χ1) is 10.2. The predicted molar refractivity (Wildman–Crippen MR) is 80.2 cm³/mol. The van der Waals surface area contributed by atoms with Gasteiger partial charge in [-0.2, -0.15) is 0 Å². The minimum Gasteiger partial charge on any atom is -0.380 e. The van der Waals surface area contributed by atoms with Gasteiger partial charge in [-0.1, -0.05) is 0 Å². The molecule has 0 radical (unpaired) electrons. The lowest BCUT2D eigenvalue weighted by Crippen LogP contribution is -2.37. The third kappa shape index (κ3) is 6.24. The Bertz CT molecular complexity index is 399. The number of aromatic nitrogens is 2. The van der Waals surface area contributed by atoms with Crippen molar-refractivity contribution in [2.45, 2.75) is 20.4 Å². The molecule has 21 heavy (non-hydrogen) atoms. The Kier molecular flexibility index (Phi) is 8.65. The summed E-state index contributed by atoms with van der Waals surface area (Å²) in [7, 11) is 0. The number of rotatable bonds is 11. The zero-order chi connectivity index (χ0) is 15.5. The van der Waals surface area contributed by atoms with E-state index in [0.29, 0.717) is 58.3 Å². The topological polar surface area (TPSA) is 82.6 Å². The number of carbonyl (C=O) groups excluding carboxylic acids is 1. The summed E-state index contributed by atoms with van der Waals surface area (Å²) in [4.78, 5) is 18.3. The molecule has 0 aliphatic heterocycles. The molecule has 0 saturated carbocycles. The number of nitrogens with zero attached hydrogens (tertiary/aromatic N) is 3. The molecular formula is C14H26N4O3. The lowest BCUT2D eigenvalue weighted by Gasteiger charge is -2.21. The van der Waals surface area contributed by atoms with Crippen LogP contribution in [-0.2, 0) is 16.0 Å². The maximum Gasteiger partial charge on any atom is 0.274 e. The van der Waals surface area contributed by atoms with Gasteiger partial charge in [0.2, 0.25) is 0 Å². The second-order valence-corrected chi connectivity index (χ2v) is 4.47. The Morgan fingerprint density at radius 1 is 1.29 bits per heavy atom. The van der Waals surface area contributed by atoms with Gasteiger partial charge in [0.1, 0.15) is 5.69 Å². The Morgan fingerprint density at radius 2 is 1.90 bits per heavy atom. The van der Waals surface area contributed by atoms with Gasteiger partial charge in [0.05, 0.1) is 19.5 Å². The van der Waals surface area contributed by atoms with Crippen molar-refractivity contribution in [3.05, 3.63) is 18.2 Å². The van der Waals surface area contributed by atoms with E-state index in [4.69, 9.17) is 15.2 Å². The average molecular weight is 298 g/mol. The number of nitrogens with two attached hydrogens (primary N) is 1. The first-order valence-electron chi connectivity index (χ1n) is 7.39. The van der Waals surface area contributed by atoms with E-state index >= 15 is 0 Å². The highest BCUT2D eigenvalue weighted by molar-refractivity contribution is 5.92. The highest BCUT2D eigenvalue weighted by Crippen LogP contribution is 2.03. The molecule has 0 atom stereocenters. The van der Waals surface area contributed by atoms with Crippen molar-refractivity contribution in [1.29, 1.82) is 0 Å². The van der Waals surface area contributed by atoms with Gasteiger partial charge in [-0.3, -0.25) is 4.79 Å². The number of carbonyl (C=O) groups is 1. The summed E-state index contributed by atoms with van der Waals surface area (Å²) in [6.45, 7) is 8.39. The number of hydrogen-bond donors (Lipinski definition) is 1. The summed E-state index contributed by atoms with van der Waals surface area (Å²) in [5.41, 5.74) is 5.92. The summed E-state index contributed by atoms with van der Waals surface area (Å²) in [5.74, 6) is -0.106. The van der Waals surface area contributed by atoms with Crippen LogP contribution in [0, 0.1) is 0 Å². The van der Waals surface area contributed by atoms with E-state index in [-0.39, 0.29) is 5.91 Å². The molecule has 1 aromatic heterocycles. The van der Waals surface area contributed by atoms with Crippen LogP contribution in [0.1, 0.15) is 24.3 Å². The second kappa shape index (κ2) is 10.3. The molecule has 0 saturated heterocycles. The van der Waals surface area contributed by atoms with Crippen LogP contribution < -0.4 is 5.73 Å². The van der Waals surface area contributed by atoms with Crippen molar-refractivity contribution in [3.8, 4) is 0 Å². The van der Waals surface area contributed by atoms with Crippen LogP contribution in [0.15, 0.2) is 12.5 Å². The number of hydrogen-bond acceptors (Lipinski definition) is 5. The molecule has 2 N–H and O–H groups in total. The van der Waals surface area contributed by atoms with Gasteiger partial charge < -0.3 is 24.7 Å². The highest BCUT2D eigenvalue weighted by atomic mass is 16.5. The standard InChI is InChI=1S/C14H26N4O3/c1-3-20-9-7-18(8-10-21-4-2)14(19)13-11-17(6-5-15)12-16-13/h11-12H,3-10,15H2,1-2H3. The van der Waals surface area contributed by atoms with E-state index in [1.807, 2.05) is 18.4 Å². The molecule has 0 aliphatic carbocycles. The molecule has 0 aromatic carbocycles. The fourth-order valence-electron chi connectivity index (χ4n) is 1.86. The van der Waals surface area contributed by atoms with Crippen LogP contribution in [0.2, 0.25) is 0 Å². The molecule has 7 nitrogen and oxygen atoms in total. The van der Waals surface area contributed by atoms with Crippen LogP contribution >= 0.6 is 0 Å². The molecule has 7 heteroatoms. The first-order valence-corrected chi connectivity index (χ1v) is 7.39. The Morgan fingerprint density at radius 3 is 2.43 bits per heavy atom. The van der Waals surface area contributed by atoms with Crippen LogP contribution in [0.3, 0.4) is 0 Å². The van der Waals surface area contributed by atoms with Gasteiger partial charge in [-0.25, -0.2) is 4.98 Å². The molecule has 0 aliphatic rings. The average Bonchev–Trinajstić information content (AvgIpc) is 2.94. The highest BCUT2D eigenvalue weighted by Gasteiger charge is 2.17. The zero-order valence-corrected chi connectivity index (χ0v) is 13.0. The van der Waals surface area contributed by atoms with Crippen molar-refractivity contribution in [2.24, 2.45) is 5.73 Å². The van der Waals surface area contributed by atoms with Gasteiger partial charge in [-0.15, -0.1) is 0 Å². The maximum absolute atomic E-state index is 12.5. The monoisotopic (exact) mass is 298 g/mol. The van der Waals surface area contributed by atoms with Crippen LogP contribution in [-0.4, -0.2) is 66.4 Å². The molecule has 1 amide bonds. The Balaban J connectivity index is 2.62. The van der Waals surface area contributed by atoms with Gasteiger partial charge >= 0.3 is 0 Å². The summed E-state index contributed by atoms with van der Waals surface area (Å²) in [6.07, 6.45) is 3.35. The van der Waals surface area contributed by atoms with Crippen LogP contribution in [0.4, 0.5) is 0 Å². The lowest BCUT2D eigenvalue weighted by molar-refractivity contribution is 0.0545. The van der Waals surface area contributed by atoms with Gasteiger partial charge in [0, 0.05) is 45.6 Å². The van der Waals surface area contributed by atoms with E-state index in [0.717, 1.165) is 0 Å². The molecule has 0 unspecified atom stereocenters. The summed E-state index contributed by atoms with van der Waals surface area (Å²) in [6, 6.07) is 0. The van der Waals surface area contributed by atoms with Crippen molar-refractivity contribution in [3.63, 3.8) is 0 Å². The van der Waals surface area contributed by atoms with E-state index in [9.17, 15) is 4.79 Å². The lowest BCUT2D eigenvalue weighted by atomic mass is 10.3. The maximum atomic E-state index is 12.5. The van der Waals surface area contributed by atoms with Crippen molar-refractivity contribution in [1.82, 2.24) is 14.5 Å². The third-order valence-corrected chi connectivity index (χ3v) is 2.95. The van der Waals surface area contributed by atoms with Crippen LogP contribution in [0.25, 0.3) is 0 Å². The summed E-state index contributed by atoms with van der Waals surface area (Å²) in [5, 5.41) is 0. The van der Waals surface area contributed by atoms with Gasteiger partial charge in [0.25, 0.3) is 5.91 Å². The SMILES string of the molecule is CCOCCN(CCOCC)C(=O)c1cn(CCN)cn1. The van der Waals surface area contributed by atoms with Gasteiger partial charge in [0.15, 0.2) is 0 Å². The number of ether oxygens (including phenoxy) is 2. The smallest absolute Gasteiger partial charge is 0.274 e. The quantitative estimate of drug-likeness (QED) is 0.596. The number of imidazole rings is 1. The molecule has 0 fully saturated rings. The molecule has 1 heterocycles. The largest absolute Gasteiger partial charge is 0.380 e. The van der Waals surface area contributed by atoms with Crippen molar-refractivity contribution >= 4 is 5.91 Å². The minimum atomic E-state index is -0.106.